The molecule has 172 valence electrons. The van der Waals surface area contributed by atoms with Gasteiger partial charge in [-0.1, -0.05) is 56.3 Å². The number of carbonyl (C=O) groups excluding carboxylic acids is 1. The van der Waals surface area contributed by atoms with Crippen LogP contribution < -0.4 is 16.8 Å². The molecule has 5 nitrogen and oxygen atoms in total. The van der Waals surface area contributed by atoms with Gasteiger partial charge in [-0.2, -0.15) is 0 Å². The van der Waals surface area contributed by atoms with Crippen LogP contribution in [0.4, 0.5) is 5.69 Å². The lowest BCUT2D eigenvalue weighted by atomic mass is 9.92. The summed E-state index contributed by atoms with van der Waals surface area (Å²) in [4.78, 5) is 17.8. The Kier molecular flexibility index (Phi) is 10.8. The monoisotopic (exact) mass is 474 g/mol. The molecule has 0 unspecified atom stereocenters. The highest BCUT2D eigenvalue weighted by atomic mass is 35.5. The fourth-order valence-corrected chi connectivity index (χ4v) is 3.63. The molecule has 1 aromatic heterocycles. The number of nitrogens with zero attached hydrogens (tertiary/aromatic N) is 1. The number of amides is 1. The maximum atomic E-state index is 12.9. The minimum absolute atomic E-state index is 0. The molecule has 3 aromatic rings. The lowest BCUT2D eigenvalue weighted by Crippen LogP contribution is -2.18. The molecule has 0 fully saturated rings. The van der Waals surface area contributed by atoms with Crippen molar-refractivity contribution >= 4 is 36.4 Å². The number of benzene rings is 2. The molecule has 5 N–H and O–H groups in total. The third-order valence-corrected chi connectivity index (χ3v) is 5.12. The summed E-state index contributed by atoms with van der Waals surface area (Å²) in [6.45, 7) is 7.09. The van der Waals surface area contributed by atoms with Gasteiger partial charge < -0.3 is 16.8 Å². The van der Waals surface area contributed by atoms with Crippen LogP contribution in [-0.2, 0) is 19.5 Å². The number of aryl methyl sites for hydroxylation is 1. The van der Waals surface area contributed by atoms with Crippen LogP contribution in [0.2, 0.25) is 0 Å². The van der Waals surface area contributed by atoms with Gasteiger partial charge in [-0.15, -0.1) is 24.8 Å². The summed E-state index contributed by atoms with van der Waals surface area (Å²) in [5.74, 6) is 0.277. The Balaban J connectivity index is 0.00000256. The van der Waals surface area contributed by atoms with E-state index in [2.05, 4.69) is 19.2 Å². The average molecular weight is 475 g/mol. The minimum Gasteiger partial charge on any atom is -0.326 e. The molecule has 0 saturated carbocycles. The smallest absolute Gasteiger partial charge is 0.255 e. The second-order valence-electron chi connectivity index (χ2n) is 7.90. The van der Waals surface area contributed by atoms with Crippen molar-refractivity contribution in [2.45, 2.75) is 40.3 Å². The maximum absolute atomic E-state index is 12.9. The van der Waals surface area contributed by atoms with Crippen LogP contribution in [0, 0.1) is 12.8 Å². The topological polar surface area (TPSA) is 94.0 Å². The number of hydrogen-bond donors (Lipinski definition) is 3. The molecule has 1 amide bonds. The van der Waals surface area contributed by atoms with Gasteiger partial charge in [0.1, 0.15) is 0 Å². The first-order valence-electron chi connectivity index (χ1n) is 10.3. The van der Waals surface area contributed by atoms with Crippen molar-refractivity contribution in [1.29, 1.82) is 0 Å². The number of aromatic nitrogens is 1. The van der Waals surface area contributed by atoms with Gasteiger partial charge in [0.2, 0.25) is 0 Å². The highest BCUT2D eigenvalue weighted by Gasteiger charge is 2.21. The van der Waals surface area contributed by atoms with Gasteiger partial charge >= 0.3 is 0 Å². The van der Waals surface area contributed by atoms with Crippen LogP contribution >= 0.6 is 24.8 Å². The number of nitrogens with two attached hydrogens (primary N) is 2. The second kappa shape index (κ2) is 12.6. The summed E-state index contributed by atoms with van der Waals surface area (Å²) in [6, 6.07) is 17.3. The lowest BCUT2D eigenvalue weighted by molar-refractivity contribution is 0.102. The van der Waals surface area contributed by atoms with Crippen molar-refractivity contribution in [3.05, 3.63) is 82.7 Å². The Morgan fingerprint density at radius 1 is 0.969 bits per heavy atom. The summed E-state index contributed by atoms with van der Waals surface area (Å²) >= 11 is 0. The maximum Gasteiger partial charge on any atom is 0.255 e. The van der Waals surface area contributed by atoms with Crippen molar-refractivity contribution in [2.75, 3.05) is 5.32 Å². The van der Waals surface area contributed by atoms with E-state index in [1.807, 2.05) is 49.4 Å². The quantitative estimate of drug-likeness (QED) is 0.434. The van der Waals surface area contributed by atoms with E-state index in [0.717, 1.165) is 40.1 Å². The summed E-state index contributed by atoms with van der Waals surface area (Å²) in [6.07, 6.45) is 0.828. The summed E-state index contributed by atoms with van der Waals surface area (Å²) < 4.78 is 0. The molecule has 0 saturated heterocycles. The lowest BCUT2D eigenvalue weighted by Gasteiger charge is -2.21. The number of carbonyl (C=O) groups is 1. The van der Waals surface area contributed by atoms with Gasteiger partial charge in [-0.05, 0) is 48.1 Å². The van der Waals surface area contributed by atoms with Crippen molar-refractivity contribution in [3.8, 4) is 11.1 Å². The number of pyridine rings is 1. The zero-order chi connectivity index (χ0) is 21.7. The van der Waals surface area contributed by atoms with Gasteiger partial charge in [0, 0.05) is 29.9 Å². The summed E-state index contributed by atoms with van der Waals surface area (Å²) in [5.41, 5.74) is 19.0. The van der Waals surface area contributed by atoms with E-state index >= 15 is 0 Å². The van der Waals surface area contributed by atoms with Crippen LogP contribution in [0.3, 0.4) is 0 Å². The van der Waals surface area contributed by atoms with Crippen LogP contribution in [-0.4, -0.2) is 10.9 Å². The first-order chi connectivity index (χ1) is 14.4. The number of anilines is 1. The number of hydrogen-bond acceptors (Lipinski definition) is 4. The predicted octanol–water partition coefficient (Wildman–Crippen LogP) is 5.27. The molecule has 0 atom stereocenters. The third kappa shape index (κ3) is 6.30. The molecule has 2 aromatic carbocycles. The van der Waals surface area contributed by atoms with Crippen LogP contribution in [0.25, 0.3) is 11.1 Å². The molecule has 0 aliphatic heterocycles. The van der Waals surface area contributed by atoms with Crippen LogP contribution in [0.5, 0.6) is 0 Å². The van der Waals surface area contributed by atoms with E-state index in [-0.39, 0.29) is 30.7 Å². The van der Waals surface area contributed by atoms with Gasteiger partial charge in [0.05, 0.1) is 11.4 Å². The first-order valence-corrected chi connectivity index (χ1v) is 10.3. The van der Waals surface area contributed by atoms with Gasteiger partial charge in [0.15, 0.2) is 0 Å². The summed E-state index contributed by atoms with van der Waals surface area (Å²) in [5, 5.41) is 3.10. The SMILES string of the molecule is Cc1nc(CC(C)C)c(CN)c(-c2ccc(CN)cc2)c1NC(=O)c1ccccc1.Cl.Cl. The molecule has 3 rings (SSSR count). The predicted molar refractivity (Wildman–Crippen MR) is 138 cm³/mol. The fourth-order valence-electron chi connectivity index (χ4n) is 3.63. The van der Waals surface area contributed by atoms with Crippen LogP contribution in [0.1, 0.15) is 46.7 Å². The fraction of sp³-hybridized carbons (Fsp3) is 0.280. The number of rotatable bonds is 7. The van der Waals surface area contributed by atoms with E-state index in [4.69, 9.17) is 16.5 Å². The zero-order valence-corrected chi connectivity index (χ0v) is 20.4. The van der Waals surface area contributed by atoms with E-state index in [9.17, 15) is 4.79 Å². The second-order valence-corrected chi connectivity index (χ2v) is 7.90. The van der Waals surface area contributed by atoms with E-state index in [1.165, 1.54) is 0 Å². The van der Waals surface area contributed by atoms with E-state index in [0.29, 0.717) is 30.3 Å². The number of halogens is 2. The third-order valence-electron chi connectivity index (χ3n) is 5.12. The molecule has 0 aliphatic rings. The number of nitrogens with one attached hydrogen (secondary N) is 1. The Hall–Kier alpha value is -2.44. The molecule has 0 radical (unpaired) electrons. The van der Waals surface area contributed by atoms with Gasteiger partial charge in [0.25, 0.3) is 5.91 Å². The van der Waals surface area contributed by atoms with Gasteiger partial charge in [-0.3, -0.25) is 9.78 Å². The van der Waals surface area contributed by atoms with Crippen molar-refractivity contribution in [2.24, 2.45) is 17.4 Å². The molecule has 1 heterocycles. The molecular weight excluding hydrogens is 443 g/mol. The average Bonchev–Trinajstić information content (AvgIpc) is 2.75. The highest BCUT2D eigenvalue weighted by molar-refractivity contribution is 6.07. The molecule has 0 aliphatic carbocycles. The molecule has 0 bridgehead atoms. The Labute approximate surface area is 202 Å². The largest absolute Gasteiger partial charge is 0.326 e. The van der Waals surface area contributed by atoms with E-state index < -0.39 is 0 Å². The van der Waals surface area contributed by atoms with Crippen molar-refractivity contribution in [3.63, 3.8) is 0 Å². The minimum atomic E-state index is -0.167. The molecule has 32 heavy (non-hydrogen) atoms. The van der Waals surface area contributed by atoms with Crippen molar-refractivity contribution in [1.82, 2.24) is 4.98 Å². The summed E-state index contributed by atoms with van der Waals surface area (Å²) in [7, 11) is 0. The Morgan fingerprint density at radius 2 is 1.59 bits per heavy atom. The first kappa shape index (κ1) is 27.6. The molecule has 7 heteroatoms. The Bertz CT molecular complexity index is 1020. The Morgan fingerprint density at radius 3 is 2.12 bits per heavy atom. The van der Waals surface area contributed by atoms with Crippen molar-refractivity contribution < 1.29 is 4.79 Å². The zero-order valence-electron chi connectivity index (χ0n) is 18.7. The highest BCUT2D eigenvalue weighted by Crippen LogP contribution is 2.36. The molecular formula is C25H32Cl2N4O. The van der Waals surface area contributed by atoms with Gasteiger partial charge in [-0.25, -0.2) is 0 Å². The molecule has 0 spiro atoms. The van der Waals surface area contributed by atoms with Crippen LogP contribution in [0.15, 0.2) is 54.6 Å². The normalized spacial score (nSPS) is 10.3. The standard InChI is InChI=1S/C25H30N4O.2ClH/c1-16(2)13-22-21(15-27)23(19-11-9-18(14-26)10-12-19)24(17(3)28-22)29-25(30)20-7-5-4-6-8-20;;/h4-12,16H,13-15,26-27H2,1-3H3,(H,29,30);2*1H. The van der Waals surface area contributed by atoms with E-state index in [1.54, 1.807) is 12.1 Å².